The molecule has 0 saturated heterocycles. The molecule has 1 aliphatic rings. The first kappa shape index (κ1) is 12.9. The van der Waals surface area contributed by atoms with Crippen molar-refractivity contribution in [2.45, 2.75) is 6.92 Å². The number of allylic oxidation sites excluding steroid dienone is 1. The number of fused-ring (bicyclic) bond motifs is 1. The number of rotatable bonds is 2. The third kappa shape index (κ3) is 1.93. The average molecular weight is 285 g/mol. The van der Waals surface area contributed by atoms with Crippen molar-refractivity contribution in [3.05, 3.63) is 69.8 Å². The second kappa shape index (κ2) is 4.80. The minimum absolute atomic E-state index is 0.104. The lowest BCUT2D eigenvalue weighted by molar-refractivity contribution is 0.104. The fourth-order valence-corrected chi connectivity index (χ4v) is 2.77. The fourth-order valence-electron chi connectivity index (χ4n) is 2.45. The van der Waals surface area contributed by atoms with E-state index in [2.05, 4.69) is 0 Å². The van der Waals surface area contributed by atoms with Crippen LogP contribution in [0.25, 0.3) is 5.57 Å². The lowest BCUT2D eigenvalue weighted by Gasteiger charge is -2.07. The van der Waals surface area contributed by atoms with Crippen LogP contribution in [0, 0.1) is 6.92 Å². The highest BCUT2D eigenvalue weighted by atomic mass is 35.5. The first-order valence-electron chi connectivity index (χ1n) is 6.31. The Hall–Kier alpha value is -2.06. The maximum absolute atomic E-state index is 12.2. The molecule has 20 heavy (non-hydrogen) atoms. The maximum Gasteiger partial charge on any atom is 0.205 e. The van der Waals surface area contributed by atoms with Crippen molar-refractivity contribution >= 4 is 23.0 Å². The van der Waals surface area contributed by atoms with Crippen molar-refractivity contribution in [1.29, 1.82) is 0 Å². The summed E-state index contributed by atoms with van der Waals surface area (Å²) >= 11 is 6.25. The van der Waals surface area contributed by atoms with Gasteiger partial charge >= 0.3 is 0 Å². The predicted octanol–water partition coefficient (Wildman–Crippen LogP) is 4.20. The van der Waals surface area contributed by atoms with Crippen LogP contribution < -0.4 is 4.74 Å². The Morgan fingerprint density at radius 1 is 1.00 bits per heavy atom. The fraction of sp³-hybridized carbons (Fsp3) is 0.118. The molecule has 1 aliphatic carbocycles. The SMILES string of the molecule is COc1ccc(C2=C(Cl)C(=O)c3ccc(C)cc32)cc1. The quantitative estimate of drug-likeness (QED) is 0.826. The molecule has 0 unspecified atom stereocenters. The van der Waals surface area contributed by atoms with Crippen LogP contribution in [0.5, 0.6) is 5.75 Å². The van der Waals surface area contributed by atoms with E-state index in [4.69, 9.17) is 16.3 Å². The van der Waals surface area contributed by atoms with Gasteiger partial charge in [-0.05, 0) is 30.2 Å². The molecule has 0 amide bonds. The van der Waals surface area contributed by atoms with E-state index in [0.717, 1.165) is 28.0 Å². The standard InChI is InChI=1S/C17H13ClO2/c1-10-3-8-13-14(9-10)15(16(18)17(13)19)11-4-6-12(20-2)7-5-11/h3-9H,1-2H3. The number of carbonyl (C=O) groups is 1. The van der Waals surface area contributed by atoms with E-state index in [0.29, 0.717) is 5.56 Å². The normalized spacial score (nSPS) is 13.7. The summed E-state index contributed by atoms with van der Waals surface area (Å²) in [6.45, 7) is 2.00. The summed E-state index contributed by atoms with van der Waals surface area (Å²) in [7, 11) is 1.62. The minimum Gasteiger partial charge on any atom is -0.497 e. The zero-order valence-corrected chi connectivity index (χ0v) is 12.0. The van der Waals surface area contributed by atoms with E-state index < -0.39 is 0 Å². The van der Waals surface area contributed by atoms with Gasteiger partial charge < -0.3 is 4.74 Å². The molecule has 3 rings (SSSR count). The molecule has 2 aromatic carbocycles. The van der Waals surface area contributed by atoms with E-state index >= 15 is 0 Å². The first-order chi connectivity index (χ1) is 9.61. The Kier molecular flexibility index (Phi) is 3.11. The smallest absolute Gasteiger partial charge is 0.205 e. The highest BCUT2D eigenvalue weighted by Crippen LogP contribution is 2.39. The molecule has 100 valence electrons. The van der Waals surface area contributed by atoms with Crippen LogP contribution in [0.15, 0.2) is 47.5 Å². The summed E-state index contributed by atoms with van der Waals surface area (Å²) in [4.78, 5) is 12.2. The van der Waals surface area contributed by atoms with Crippen LogP contribution in [0.3, 0.4) is 0 Å². The molecule has 0 aliphatic heterocycles. The Bertz CT molecular complexity index is 727. The van der Waals surface area contributed by atoms with Gasteiger partial charge in [-0.15, -0.1) is 0 Å². The largest absolute Gasteiger partial charge is 0.497 e. The summed E-state index contributed by atoms with van der Waals surface area (Å²) in [5.41, 5.74) is 4.41. The Morgan fingerprint density at radius 2 is 1.70 bits per heavy atom. The third-order valence-electron chi connectivity index (χ3n) is 3.49. The number of halogens is 1. The van der Waals surface area contributed by atoms with Gasteiger partial charge in [-0.25, -0.2) is 0 Å². The molecule has 0 saturated carbocycles. The van der Waals surface area contributed by atoms with E-state index in [9.17, 15) is 4.79 Å². The third-order valence-corrected chi connectivity index (χ3v) is 3.85. The monoisotopic (exact) mass is 284 g/mol. The lowest BCUT2D eigenvalue weighted by atomic mass is 9.97. The minimum atomic E-state index is -0.104. The molecule has 0 radical (unpaired) electrons. The number of hydrogen-bond donors (Lipinski definition) is 0. The molecule has 0 aromatic heterocycles. The molecule has 2 nitrogen and oxygen atoms in total. The zero-order chi connectivity index (χ0) is 14.3. The van der Waals surface area contributed by atoms with Gasteiger partial charge in [0.05, 0.1) is 12.1 Å². The molecule has 0 bridgehead atoms. The molecular weight excluding hydrogens is 272 g/mol. The second-order valence-corrected chi connectivity index (χ2v) is 5.17. The summed E-state index contributed by atoms with van der Waals surface area (Å²) in [6, 6.07) is 13.3. The van der Waals surface area contributed by atoms with Crippen LogP contribution in [-0.4, -0.2) is 12.9 Å². The van der Waals surface area contributed by atoms with E-state index in [1.165, 1.54) is 0 Å². The van der Waals surface area contributed by atoms with Gasteiger partial charge in [-0.1, -0.05) is 47.5 Å². The van der Waals surface area contributed by atoms with Crippen LogP contribution in [0.1, 0.15) is 27.0 Å². The molecule has 0 spiro atoms. The van der Waals surface area contributed by atoms with Crippen molar-refractivity contribution in [3.8, 4) is 5.75 Å². The van der Waals surface area contributed by atoms with Gasteiger partial charge in [0.15, 0.2) is 0 Å². The Labute approximate surface area is 122 Å². The van der Waals surface area contributed by atoms with Crippen LogP contribution in [0.4, 0.5) is 0 Å². The molecule has 3 heteroatoms. The number of benzene rings is 2. The Balaban J connectivity index is 2.17. The van der Waals surface area contributed by atoms with E-state index in [-0.39, 0.29) is 10.8 Å². The van der Waals surface area contributed by atoms with Crippen molar-refractivity contribution in [1.82, 2.24) is 0 Å². The van der Waals surface area contributed by atoms with E-state index in [1.807, 2.05) is 49.4 Å². The summed E-state index contributed by atoms with van der Waals surface area (Å²) < 4.78 is 5.15. The van der Waals surface area contributed by atoms with Crippen LogP contribution >= 0.6 is 11.6 Å². The van der Waals surface area contributed by atoms with Crippen molar-refractivity contribution in [2.24, 2.45) is 0 Å². The van der Waals surface area contributed by atoms with Gasteiger partial charge in [-0.2, -0.15) is 0 Å². The average Bonchev–Trinajstić information content (AvgIpc) is 2.71. The van der Waals surface area contributed by atoms with Crippen molar-refractivity contribution in [3.63, 3.8) is 0 Å². The summed E-state index contributed by atoms with van der Waals surface area (Å²) in [5, 5.41) is 0.288. The highest BCUT2D eigenvalue weighted by Gasteiger charge is 2.29. The van der Waals surface area contributed by atoms with Gasteiger partial charge in [0, 0.05) is 11.1 Å². The molecule has 0 heterocycles. The summed E-state index contributed by atoms with van der Waals surface area (Å²) in [6.07, 6.45) is 0. The van der Waals surface area contributed by atoms with Gasteiger partial charge in [-0.3, -0.25) is 4.79 Å². The number of methoxy groups -OCH3 is 1. The number of aryl methyl sites for hydroxylation is 1. The number of Topliss-reactive ketones (excluding diaryl/α,β-unsaturated/α-hetero) is 1. The van der Waals surface area contributed by atoms with E-state index in [1.54, 1.807) is 7.11 Å². The van der Waals surface area contributed by atoms with Crippen molar-refractivity contribution < 1.29 is 9.53 Å². The highest BCUT2D eigenvalue weighted by molar-refractivity contribution is 6.51. The van der Waals surface area contributed by atoms with Gasteiger partial charge in [0.2, 0.25) is 5.78 Å². The van der Waals surface area contributed by atoms with Gasteiger partial charge in [0.25, 0.3) is 0 Å². The van der Waals surface area contributed by atoms with Crippen molar-refractivity contribution in [2.75, 3.05) is 7.11 Å². The Morgan fingerprint density at radius 3 is 2.35 bits per heavy atom. The molecule has 2 aromatic rings. The second-order valence-electron chi connectivity index (χ2n) is 4.80. The number of ketones is 1. The van der Waals surface area contributed by atoms with Gasteiger partial charge in [0.1, 0.15) is 5.75 Å². The number of ether oxygens (including phenoxy) is 1. The maximum atomic E-state index is 12.2. The zero-order valence-electron chi connectivity index (χ0n) is 11.2. The number of carbonyl (C=O) groups excluding carboxylic acids is 1. The molecule has 0 atom stereocenters. The van der Waals surface area contributed by atoms with Crippen LogP contribution in [0.2, 0.25) is 0 Å². The summed E-state index contributed by atoms with van der Waals surface area (Å²) in [5.74, 6) is 0.673. The van der Waals surface area contributed by atoms with Crippen LogP contribution in [-0.2, 0) is 0 Å². The topological polar surface area (TPSA) is 26.3 Å². The number of hydrogen-bond acceptors (Lipinski definition) is 2. The molecular formula is C17H13ClO2. The lowest BCUT2D eigenvalue weighted by Crippen LogP contribution is -1.93. The first-order valence-corrected chi connectivity index (χ1v) is 6.69. The predicted molar refractivity (Wildman–Crippen MR) is 80.4 cm³/mol. The molecule has 0 fully saturated rings. The molecule has 0 N–H and O–H groups in total.